The van der Waals surface area contributed by atoms with Crippen molar-refractivity contribution >= 4 is 49.2 Å². The highest BCUT2D eigenvalue weighted by atomic mass is 32.1. The van der Waals surface area contributed by atoms with Crippen LogP contribution in [-0.2, 0) is 12.4 Å². The first-order valence-electron chi connectivity index (χ1n) is 18.7. The number of aromatic nitrogens is 2. The van der Waals surface area contributed by atoms with E-state index in [0.717, 1.165) is 18.6 Å². The lowest BCUT2D eigenvalue weighted by atomic mass is 9.88. The highest BCUT2D eigenvalue weighted by molar-refractivity contribution is 7.23. The van der Waals surface area contributed by atoms with E-state index < -0.39 is 86.0 Å². The van der Waals surface area contributed by atoms with Crippen LogP contribution in [-0.4, -0.2) is 99.9 Å². The molecule has 4 saturated heterocycles. The third kappa shape index (κ3) is 6.33. The quantitative estimate of drug-likeness (QED) is 0.177. The molecule has 2 aromatic carbocycles. The van der Waals surface area contributed by atoms with Gasteiger partial charge in [-0.1, -0.05) is 6.07 Å². The van der Waals surface area contributed by atoms with E-state index in [9.17, 15) is 14.4 Å². The smallest absolute Gasteiger partial charge is 0.419 e. The number of carbonyl (C=O) groups excluding carboxylic acids is 1. The Kier molecular flexibility index (Phi) is 9.41. The van der Waals surface area contributed by atoms with Gasteiger partial charge in [-0.2, -0.15) is 41.6 Å². The standard InChI is InChI=1S/C38H38F8N8O2S/c1-4-52(20-10-21-15-53(18(2)3)35(55)54(21)16-20)33-23-11-25(37(41,42)43)28(22-6-7-26(40)31-27(22)24(13-47)32(48)57-31)29(38(44,45)46)30(23)49-34(50-33)56-17-36-8-5-9-51(36)14-19(39)12-36/h6-7,11,18-21H,4-5,8-10,12,14-17,48H2,1-3H3. The number of nitrogens with zero attached hydrogens (tertiary/aromatic N) is 7. The molecule has 4 atom stereocenters. The fraction of sp³-hybridized carbons (Fsp3) is 0.526. The Hall–Kier alpha value is -4.70. The van der Waals surface area contributed by atoms with Crippen molar-refractivity contribution in [3.05, 3.63) is 40.7 Å². The van der Waals surface area contributed by atoms with Crippen molar-refractivity contribution in [1.82, 2.24) is 24.7 Å². The van der Waals surface area contributed by atoms with Crippen LogP contribution >= 0.6 is 11.3 Å². The number of rotatable bonds is 8. The zero-order valence-electron chi connectivity index (χ0n) is 31.1. The summed E-state index contributed by atoms with van der Waals surface area (Å²) in [5.41, 5.74) is -1.79. The average Bonchev–Trinajstić information content (AvgIpc) is 3.93. The summed E-state index contributed by atoms with van der Waals surface area (Å²) >= 11 is 0.533. The van der Waals surface area contributed by atoms with E-state index in [1.807, 2.05) is 18.7 Å². The first-order valence-corrected chi connectivity index (χ1v) is 19.5. The Morgan fingerprint density at radius 3 is 2.54 bits per heavy atom. The highest BCUT2D eigenvalue weighted by Gasteiger charge is 2.51. The number of alkyl halides is 7. The van der Waals surface area contributed by atoms with Crippen LogP contribution < -0.4 is 15.4 Å². The number of benzene rings is 2. The van der Waals surface area contributed by atoms with Gasteiger partial charge in [0.25, 0.3) is 0 Å². The van der Waals surface area contributed by atoms with Crippen molar-refractivity contribution < 1.29 is 44.7 Å². The molecule has 57 heavy (non-hydrogen) atoms. The van der Waals surface area contributed by atoms with Crippen molar-refractivity contribution in [1.29, 1.82) is 5.26 Å². The van der Waals surface area contributed by atoms with E-state index in [-0.39, 0.29) is 66.3 Å². The molecule has 0 spiro atoms. The Balaban J connectivity index is 1.38. The second kappa shape index (κ2) is 13.7. The van der Waals surface area contributed by atoms with Gasteiger partial charge >= 0.3 is 24.4 Å². The SMILES string of the molecule is CCN(c1nc(OCC23CCCN2CC(F)C3)nc2c(C(F)(F)F)c(-c3ccc(F)c4sc(N)c(C#N)c34)c(C(F)(F)F)cc12)C1CC2CN(C(C)C)C(=O)N2C1. The van der Waals surface area contributed by atoms with Crippen molar-refractivity contribution in [3.8, 4) is 23.2 Å². The van der Waals surface area contributed by atoms with Crippen molar-refractivity contribution in [2.75, 3.05) is 50.0 Å². The Morgan fingerprint density at radius 1 is 1.14 bits per heavy atom. The molecule has 4 unspecified atom stereocenters. The second-order valence-electron chi connectivity index (χ2n) is 15.5. The monoisotopic (exact) mass is 822 g/mol. The van der Waals surface area contributed by atoms with E-state index in [2.05, 4.69) is 9.97 Å². The number of thiophene rings is 1. The Labute approximate surface area is 325 Å². The number of fused-ring (bicyclic) bond motifs is 4. The highest BCUT2D eigenvalue weighted by Crippen LogP contribution is 2.53. The van der Waals surface area contributed by atoms with E-state index in [4.69, 9.17) is 10.5 Å². The number of anilines is 2. The summed E-state index contributed by atoms with van der Waals surface area (Å²) in [5.74, 6) is -1.25. The summed E-state index contributed by atoms with van der Waals surface area (Å²) in [5, 5.41) is 8.57. The second-order valence-corrected chi connectivity index (χ2v) is 16.6. The zero-order chi connectivity index (χ0) is 40.9. The third-order valence-corrected chi connectivity index (χ3v) is 13.0. The first-order chi connectivity index (χ1) is 26.9. The molecular weight excluding hydrogens is 785 g/mol. The maximum Gasteiger partial charge on any atom is 0.419 e. The van der Waals surface area contributed by atoms with Gasteiger partial charge in [0, 0.05) is 55.0 Å². The number of nitrogens with two attached hydrogens (primary N) is 1. The minimum atomic E-state index is -5.51. The molecule has 0 saturated carbocycles. The molecule has 4 aliphatic heterocycles. The number of nitrogen functional groups attached to an aromatic ring is 1. The van der Waals surface area contributed by atoms with Crippen molar-refractivity contribution in [3.63, 3.8) is 0 Å². The molecule has 2 aromatic heterocycles. The largest absolute Gasteiger partial charge is 0.461 e. The summed E-state index contributed by atoms with van der Waals surface area (Å²) in [4.78, 5) is 28.9. The first kappa shape index (κ1) is 39.1. The van der Waals surface area contributed by atoms with Crippen LogP contribution in [0.5, 0.6) is 6.01 Å². The third-order valence-electron chi connectivity index (χ3n) is 11.9. The lowest BCUT2D eigenvalue weighted by molar-refractivity contribution is -0.141. The normalized spacial score (nSPS) is 24.0. The zero-order valence-corrected chi connectivity index (χ0v) is 31.9. The number of likely N-dealkylation sites (N-methyl/N-ethyl adjacent to an activating group) is 1. The number of halogens is 8. The molecule has 4 aromatic rings. The van der Waals surface area contributed by atoms with Crippen LogP contribution in [0, 0.1) is 17.1 Å². The molecule has 8 rings (SSSR count). The molecule has 2 amide bonds. The number of ether oxygens (including phenoxy) is 1. The topological polar surface area (TPSA) is 115 Å². The van der Waals surface area contributed by atoms with Crippen LogP contribution in [0.3, 0.4) is 0 Å². The maximum atomic E-state index is 15.8. The molecule has 0 bridgehead atoms. The number of urea groups is 1. The van der Waals surface area contributed by atoms with Gasteiger partial charge in [0.1, 0.15) is 35.5 Å². The van der Waals surface area contributed by atoms with Crippen LogP contribution in [0.25, 0.3) is 32.1 Å². The molecule has 6 heterocycles. The summed E-state index contributed by atoms with van der Waals surface area (Å²) in [6, 6.07) is 2.13. The maximum absolute atomic E-state index is 15.8. The van der Waals surface area contributed by atoms with Crippen molar-refractivity contribution in [2.45, 2.75) is 88.6 Å². The fourth-order valence-corrected chi connectivity index (χ4v) is 10.4. The minimum absolute atomic E-state index is 0.0723. The summed E-state index contributed by atoms with van der Waals surface area (Å²) in [7, 11) is 0. The van der Waals surface area contributed by atoms with E-state index in [1.54, 1.807) is 27.7 Å². The molecule has 4 fully saturated rings. The molecule has 10 nitrogen and oxygen atoms in total. The molecule has 304 valence electrons. The van der Waals surface area contributed by atoms with Gasteiger partial charge in [0.2, 0.25) is 0 Å². The summed E-state index contributed by atoms with van der Waals surface area (Å²) in [6.45, 7) is 6.62. The van der Waals surface area contributed by atoms with Crippen LogP contribution in [0.4, 0.5) is 50.7 Å². The van der Waals surface area contributed by atoms with E-state index >= 15 is 30.7 Å². The number of carbonyl (C=O) groups is 1. The van der Waals surface area contributed by atoms with Crippen LogP contribution in [0.15, 0.2) is 18.2 Å². The molecule has 0 radical (unpaired) electrons. The molecule has 0 aliphatic carbocycles. The molecule has 4 aliphatic rings. The summed E-state index contributed by atoms with van der Waals surface area (Å²) < 4.78 is 129. The average molecular weight is 823 g/mol. The van der Waals surface area contributed by atoms with Crippen molar-refractivity contribution in [2.24, 2.45) is 0 Å². The Morgan fingerprint density at radius 2 is 1.89 bits per heavy atom. The fourth-order valence-electron chi connectivity index (χ4n) is 9.46. The number of hydrogen-bond donors (Lipinski definition) is 1. The predicted octanol–water partition coefficient (Wildman–Crippen LogP) is 8.21. The predicted molar refractivity (Wildman–Crippen MR) is 197 cm³/mol. The van der Waals surface area contributed by atoms with Gasteiger partial charge in [0.05, 0.1) is 44.5 Å². The number of amides is 2. The lowest BCUT2D eigenvalue weighted by Gasteiger charge is -2.33. The van der Waals surface area contributed by atoms with E-state index in [0.29, 0.717) is 43.3 Å². The van der Waals surface area contributed by atoms with Crippen LogP contribution in [0.2, 0.25) is 0 Å². The number of nitriles is 1. The van der Waals surface area contributed by atoms with Gasteiger partial charge < -0.3 is 25.2 Å². The van der Waals surface area contributed by atoms with Gasteiger partial charge in [-0.05, 0) is 64.3 Å². The van der Waals surface area contributed by atoms with Gasteiger partial charge in [-0.3, -0.25) is 4.90 Å². The van der Waals surface area contributed by atoms with Gasteiger partial charge in [-0.15, -0.1) is 11.3 Å². The molecular formula is C38H38F8N8O2S. The molecule has 19 heteroatoms. The van der Waals surface area contributed by atoms with E-state index in [1.165, 1.54) is 0 Å². The minimum Gasteiger partial charge on any atom is -0.461 e. The lowest BCUT2D eigenvalue weighted by Crippen LogP contribution is -2.44. The Bertz CT molecular complexity index is 2330. The van der Waals surface area contributed by atoms with Crippen LogP contribution in [0.1, 0.15) is 63.1 Å². The van der Waals surface area contributed by atoms with Gasteiger partial charge in [0.15, 0.2) is 0 Å². The number of hydrogen-bond acceptors (Lipinski definition) is 9. The summed E-state index contributed by atoms with van der Waals surface area (Å²) in [6.07, 6.45) is -10.3. The van der Waals surface area contributed by atoms with Gasteiger partial charge in [-0.25, -0.2) is 13.6 Å². The molecule has 2 N–H and O–H groups in total.